The molecule has 1 fully saturated rings. The van der Waals surface area contributed by atoms with Gasteiger partial charge in [-0.15, -0.1) is 0 Å². The highest BCUT2D eigenvalue weighted by atomic mass is 79.9. The van der Waals surface area contributed by atoms with Crippen molar-refractivity contribution in [3.63, 3.8) is 0 Å². The van der Waals surface area contributed by atoms with Crippen LogP contribution in [0.4, 0.5) is 5.69 Å². The fourth-order valence-corrected chi connectivity index (χ4v) is 4.47. The predicted molar refractivity (Wildman–Crippen MR) is 122 cm³/mol. The van der Waals surface area contributed by atoms with Crippen LogP contribution in [0.25, 0.3) is 6.08 Å². The van der Waals surface area contributed by atoms with Gasteiger partial charge in [-0.2, -0.15) is 0 Å². The molecule has 9 heteroatoms. The van der Waals surface area contributed by atoms with Crippen LogP contribution in [0.15, 0.2) is 50.9 Å². The Balaban J connectivity index is 1.99. The second-order valence-corrected chi connectivity index (χ2v) is 8.00. The first-order valence-electron chi connectivity index (χ1n) is 8.53. The third-order valence-corrected chi connectivity index (χ3v) is 5.52. The van der Waals surface area contributed by atoms with E-state index in [1.165, 1.54) is 11.0 Å². The molecule has 3 rings (SSSR count). The number of methoxy groups -OCH3 is 1. The van der Waals surface area contributed by atoms with Gasteiger partial charge in [0.15, 0.2) is 5.11 Å². The molecule has 1 aliphatic heterocycles. The number of ether oxygens (including phenoxy) is 2. The monoisotopic (exact) mass is 538 g/mol. The van der Waals surface area contributed by atoms with Crippen molar-refractivity contribution in [2.75, 3.05) is 18.6 Å². The zero-order chi connectivity index (χ0) is 21.1. The summed E-state index contributed by atoms with van der Waals surface area (Å²) in [5.74, 6) is 0.235. The van der Waals surface area contributed by atoms with Crippen molar-refractivity contribution >= 4 is 72.8 Å². The normalized spacial score (nSPS) is 15.5. The van der Waals surface area contributed by atoms with Gasteiger partial charge in [-0.1, -0.05) is 0 Å². The van der Waals surface area contributed by atoms with Crippen LogP contribution in [0.5, 0.6) is 11.5 Å². The summed E-state index contributed by atoms with van der Waals surface area (Å²) in [6, 6.07) is 10.4. The summed E-state index contributed by atoms with van der Waals surface area (Å²) in [6.07, 6.45) is 1.52. The van der Waals surface area contributed by atoms with Gasteiger partial charge < -0.3 is 9.47 Å². The molecule has 0 saturated carbocycles. The Morgan fingerprint density at radius 3 is 2.31 bits per heavy atom. The number of rotatable bonds is 5. The largest absolute Gasteiger partial charge is 0.497 e. The molecule has 0 spiro atoms. The van der Waals surface area contributed by atoms with Crippen molar-refractivity contribution in [2.24, 2.45) is 0 Å². The van der Waals surface area contributed by atoms with Crippen molar-refractivity contribution < 1.29 is 19.1 Å². The third kappa shape index (κ3) is 4.52. The molecule has 1 heterocycles. The molecule has 1 saturated heterocycles. The van der Waals surface area contributed by atoms with Crippen LogP contribution in [0, 0.1) is 0 Å². The fraction of sp³-hybridized carbons (Fsp3) is 0.150. The number of nitrogens with zero attached hydrogens (tertiary/aromatic N) is 1. The molecule has 29 heavy (non-hydrogen) atoms. The molecule has 2 aromatic rings. The zero-order valence-corrected chi connectivity index (χ0v) is 19.5. The topological polar surface area (TPSA) is 67.9 Å². The Morgan fingerprint density at radius 1 is 1.14 bits per heavy atom. The molecule has 0 bridgehead atoms. The molecule has 0 atom stereocenters. The van der Waals surface area contributed by atoms with Gasteiger partial charge in [-0.3, -0.25) is 19.8 Å². The summed E-state index contributed by atoms with van der Waals surface area (Å²) in [7, 11) is 1.56. The van der Waals surface area contributed by atoms with E-state index in [2.05, 4.69) is 37.2 Å². The minimum absolute atomic E-state index is 0.0244. The molecule has 0 radical (unpaired) electrons. The average molecular weight is 540 g/mol. The molecule has 150 valence electrons. The summed E-state index contributed by atoms with van der Waals surface area (Å²) >= 11 is 12.1. The lowest BCUT2D eigenvalue weighted by Crippen LogP contribution is -2.54. The van der Waals surface area contributed by atoms with E-state index in [1.807, 2.05) is 6.92 Å². The van der Waals surface area contributed by atoms with Crippen LogP contribution in [0.1, 0.15) is 12.5 Å². The Bertz CT molecular complexity index is 999. The maximum Gasteiger partial charge on any atom is 0.270 e. The highest BCUT2D eigenvalue weighted by Crippen LogP contribution is 2.35. The smallest absolute Gasteiger partial charge is 0.270 e. The van der Waals surface area contributed by atoms with E-state index < -0.39 is 11.8 Å². The Kier molecular flexibility index (Phi) is 6.71. The molecular formula is C20H16Br2N2O4S. The van der Waals surface area contributed by atoms with Gasteiger partial charge in [0.25, 0.3) is 11.8 Å². The lowest BCUT2D eigenvalue weighted by Gasteiger charge is -2.29. The third-order valence-electron chi connectivity index (χ3n) is 4.05. The lowest BCUT2D eigenvalue weighted by molar-refractivity contribution is -0.122. The molecule has 2 amide bonds. The zero-order valence-electron chi connectivity index (χ0n) is 15.5. The number of nitrogens with one attached hydrogen (secondary N) is 1. The van der Waals surface area contributed by atoms with Crippen molar-refractivity contribution in [3.8, 4) is 11.5 Å². The molecule has 0 unspecified atom stereocenters. The van der Waals surface area contributed by atoms with Gasteiger partial charge in [-0.05, 0) is 99.0 Å². The van der Waals surface area contributed by atoms with E-state index in [1.54, 1.807) is 43.5 Å². The van der Waals surface area contributed by atoms with E-state index in [4.69, 9.17) is 21.7 Å². The number of carbonyl (C=O) groups is 2. The highest BCUT2D eigenvalue weighted by Gasteiger charge is 2.34. The van der Waals surface area contributed by atoms with Crippen LogP contribution in [-0.4, -0.2) is 30.6 Å². The van der Waals surface area contributed by atoms with Crippen molar-refractivity contribution in [1.29, 1.82) is 0 Å². The van der Waals surface area contributed by atoms with Crippen LogP contribution < -0.4 is 19.7 Å². The number of hydrogen-bond acceptors (Lipinski definition) is 5. The van der Waals surface area contributed by atoms with E-state index in [0.717, 1.165) is 0 Å². The van der Waals surface area contributed by atoms with Gasteiger partial charge in [0.2, 0.25) is 0 Å². The van der Waals surface area contributed by atoms with Crippen LogP contribution in [0.3, 0.4) is 0 Å². The SMILES string of the molecule is CCOc1c(Br)cc(/C=C2/C(=O)NC(=S)N(c3ccc(OC)cc3)C2=O)cc1Br. The minimum atomic E-state index is -0.550. The molecule has 0 aliphatic carbocycles. The summed E-state index contributed by atoms with van der Waals surface area (Å²) in [6.45, 7) is 2.39. The van der Waals surface area contributed by atoms with Crippen molar-refractivity contribution in [2.45, 2.75) is 6.92 Å². The number of thiocarbonyl (C=S) groups is 1. The van der Waals surface area contributed by atoms with E-state index >= 15 is 0 Å². The molecule has 6 nitrogen and oxygen atoms in total. The number of carbonyl (C=O) groups excluding carboxylic acids is 2. The first kappa shape index (κ1) is 21.5. The molecule has 0 aromatic heterocycles. The highest BCUT2D eigenvalue weighted by molar-refractivity contribution is 9.11. The Morgan fingerprint density at radius 2 is 1.76 bits per heavy atom. The Hall–Kier alpha value is -2.23. The molecule has 2 aromatic carbocycles. The molecule has 1 N–H and O–H groups in total. The summed E-state index contributed by atoms with van der Waals surface area (Å²) in [5.41, 5.74) is 1.14. The van der Waals surface area contributed by atoms with E-state index in [9.17, 15) is 9.59 Å². The second kappa shape index (κ2) is 9.06. The van der Waals surface area contributed by atoms with E-state index in [0.29, 0.717) is 38.3 Å². The number of halogens is 2. The summed E-state index contributed by atoms with van der Waals surface area (Å²) in [4.78, 5) is 26.8. The van der Waals surface area contributed by atoms with Crippen LogP contribution >= 0.6 is 44.1 Å². The van der Waals surface area contributed by atoms with Gasteiger partial charge in [0, 0.05) is 0 Å². The number of benzene rings is 2. The Labute approximate surface area is 190 Å². The first-order chi connectivity index (χ1) is 13.8. The van der Waals surface area contributed by atoms with Gasteiger partial charge in [0.05, 0.1) is 28.3 Å². The predicted octanol–water partition coefficient (Wildman–Crippen LogP) is 4.45. The average Bonchev–Trinajstić information content (AvgIpc) is 2.68. The van der Waals surface area contributed by atoms with E-state index in [-0.39, 0.29) is 10.7 Å². The van der Waals surface area contributed by atoms with Crippen LogP contribution in [-0.2, 0) is 9.59 Å². The van der Waals surface area contributed by atoms with Gasteiger partial charge in [0.1, 0.15) is 17.1 Å². The standard InChI is InChI=1S/C20H16Br2N2O4S/c1-3-28-17-15(21)9-11(10-16(17)22)8-14-18(25)23-20(29)24(19(14)26)12-4-6-13(27-2)7-5-12/h4-10H,3H2,1-2H3,(H,23,25,29)/b14-8-. The molecule has 1 aliphatic rings. The van der Waals surface area contributed by atoms with Crippen molar-refractivity contribution in [3.05, 3.63) is 56.5 Å². The second-order valence-electron chi connectivity index (χ2n) is 5.90. The van der Waals surface area contributed by atoms with Crippen molar-refractivity contribution in [1.82, 2.24) is 5.32 Å². The lowest BCUT2D eigenvalue weighted by atomic mass is 10.1. The van der Waals surface area contributed by atoms with Gasteiger partial charge in [-0.25, -0.2) is 0 Å². The maximum atomic E-state index is 13.1. The quantitative estimate of drug-likeness (QED) is 0.345. The number of hydrogen-bond donors (Lipinski definition) is 1. The maximum absolute atomic E-state index is 13.1. The summed E-state index contributed by atoms with van der Waals surface area (Å²) in [5, 5.41) is 2.59. The fourth-order valence-electron chi connectivity index (χ4n) is 2.73. The van der Waals surface area contributed by atoms with Crippen LogP contribution in [0.2, 0.25) is 0 Å². The molecular weight excluding hydrogens is 524 g/mol. The minimum Gasteiger partial charge on any atom is -0.497 e. The first-order valence-corrected chi connectivity index (χ1v) is 10.5. The van der Waals surface area contributed by atoms with Gasteiger partial charge >= 0.3 is 0 Å². The summed E-state index contributed by atoms with van der Waals surface area (Å²) < 4.78 is 12.1. The number of anilines is 1. The number of amides is 2.